The third kappa shape index (κ3) is 3.38. The molecule has 0 unspecified atom stereocenters. The summed E-state index contributed by atoms with van der Waals surface area (Å²) in [4.78, 5) is 8.98. The molecule has 0 radical (unpaired) electrons. The minimum atomic E-state index is 0.0711. The molecule has 0 aromatic carbocycles. The van der Waals surface area contributed by atoms with Gasteiger partial charge in [-0.05, 0) is 6.26 Å². The fourth-order valence-electron chi connectivity index (χ4n) is 1.20. The normalized spacial score (nSPS) is 11.5. The summed E-state index contributed by atoms with van der Waals surface area (Å²) in [6.45, 7) is 6.49. The molecule has 0 aliphatic rings. The minimum absolute atomic E-state index is 0.0711. The largest absolute Gasteiger partial charge is 0.373 e. The van der Waals surface area contributed by atoms with Gasteiger partial charge < -0.3 is 5.32 Å². The summed E-state index contributed by atoms with van der Waals surface area (Å²) in [6.07, 6.45) is 2.06. The Morgan fingerprint density at radius 2 is 2.00 bits per heavy atom. The van der Waals surface area contributed by atoms with Crippen LogP contribution in [0.5, 0.6) is 0 Å². The van der Waals surface area contributed by atoms with E-state index in [1.54, 1.807) is 11.8 Å². The second-order valence-electron chi connectivity index (χ2n) is 4.49. The van der Waals surface area contributed by atoms with Crippen LogP contribution in [0.25, 0.3) is 0 Å². The molecule has 0 amide bonds. The molecule has 0 atom stereocenters. The Balaban J connectivity index is 3.11. The molecule has 1 aromatic rings. The highest BCUT2D eigenvalue weighted by molar-refractivity contribution is 7.97. The van der Waals surface area contributed by atoms with Gasteiger partial charge in [-0.2, -0.15) is 11.8 Å². The zero-order valence-electron chi connectivity index (χ0n) is 10.1. The van der Waals surface area contributed by atoms with Crippen molar-refractivity contribution in [3.63, 3.8) is 0 Å². The number of anilines is 1. The van der Waals surface area contributed by atoms with Gasteiger partial charge in [0.05, 0.1) is 11.4 Å². The highest BCUT2D eigenvalue weighted by atomic mass is 32.2. The predicted molar refractivity (Wildman–Crippen MR) is 67.5 cm³/mol. The van der Waals surface area contributed by atoms with Crippen molar-refractivity contribution in [2.24, 2.45) is 0 Å². The lowest BCUT2D eigenvalue weighted by molar-refractivity contribution is 0.564. The van der Waals surface area contributed by atoms with Crippen molar-refractivity contribution in [2.45, 2.75) is 31.9 Å². The number of aromatic nitrogens is 2. The van der Waals surface area contributed by atoms with Crippen molar-refractivity contribution in [3.8, 4) is 0 Å². The van der Waals surface area contributed by atoms with Crippen LogP contribution in [0, 0.1) is 0 Å². The van der Waals surface area contributed by atoms with Gasteiger partial charge in [-0.3, -0.25) is 0 Å². The number of nitrogens with one attached hydrogen (secondary N) is 1. The summed E-state index contributed by atoms with van der Waals surface area (Å²) in [7, 11) is 1.89. The van der Waals surface area contributed by atoms with Gasteiger partial charge in [0.15, 0.2) is 0 Å². The Labute approximate surface area is 96.1 Å². The Kier molecular flexibility index (Phi) is 3.97. The van der Waals surface area contributed by atoms with E-state index in [0.29, 0.717) is 0 Å². The molecule has 1 aromatic heterocycles. The van der Waals surface area contributed by atoms with Crippen molar-refractivity contribution in [1.82, 2.24) is 9.97 Å². The van der Waals surface area contributed by atoms with Gasteiger partial charge in [-0.15, -0.1) is 0 Å². The van der Waals surface area contributed by atoms with E-state index in [2.05, 4.69) is 42.3 Å². The molecule has 1 rings (SSSR count). The first-order valence-corrected chi connectivity index (χ1v) is 6.42. The molecule has 84 valence electrons. The summed E-state index contributed by atoms with van der Waals surface area (Å²) in [5.41, 5.74) is 1.16. The average molecular weight is 225 g/mol. The van der Waals surface area contributed by atoms with E-state index in [-0.39, 0.29) is 5.41 Å². The fourth-order valence-corrected chi connectivity index (χ4v) is 1.59. The van der Waals surface area contributed by atoms with Crippen molar-refractivity contribution >= 4 is 17.6 Å². The van der Waals surface area contributed by atoms with E-state index in [1.165, 1.54) is 0 Å². The standard InChI is InChI=1S/C11H19N3S/c1-11(2,3)8-6-9(12-4)14-10(13-8)7-15-5/h6H,7H2,1-5H3,(H,12,13,14). The molecule has 0 spiro atoms. The molecule has 15 heavy (non-hydrogen) atoms. The first-order valence-electron chi connectivity index (χ1n) is 5.02. The van der Waals surface area contributed by atoms with Crippen molar-refractivity contribution in [3.05, 3.63) is 17.6 Å². The van der Waals surface area contributed by atoms with E-state index < -0.39 is 0 Å². The molecule has 3 nitrogen and oxygen atoms in total. The monoisotopic (exact) mass is 225 g/mol. The predicted octanol–water partition coefficient (Wildman–Crippen LogP) is 2.68. The Morgan fingerprint density at radius 3 is 2.47 bits per heavy atom. The Hall–Kier alpha value is -0.770. The number of hydrogen-bond donors (Lipinski definition) is 1. The number of rotatable bonds is 3. The molecule has 0 fully saturated rings. The summed E-state index contributed by atoms with van der Waals surface area (Å²) >= 11 is 1.74. The lowest BCUT2D eigenvalue weighted by atomic mass is 9.92. The summed E-state index contributed by atoms with van der Waals surface area (Å²) < 4.78 is 0. The highest BCUT2D eigenvalue weighted by Gasteiger charge is 2.17. The number of thioether (sulfide) groups is 1. The number of hydrogen-bond acceptors (Lipinski definition) is 4. The molecule has 0 aliphatic heterocycles. The zero-order chi connectivity index (χ0) is 11.5. The SMILES string of the molecule is CNc1cc(C(C)(C)C)nc(CSC)n1. The molecule has 1 heterocycles. The molecule has 0 bridgehead atoms. The summed E-state index contributed by atoms with van der Waals surface area (Å²) in [5.74, 6) is 2.66. The molecule has 0 saturated heterocycles. The lowest BCUT2D eigenvalue weighted by Crippen LogP contribution is -2.16. The van der Waals surface area contributed by atoms with Crippen LogP contribution in [-0.4, -0.2) is 23.3 Å². The van der Waals surface area contributed by atoms with E-state index in [0.717, 1.165) is 23.1 Å². The number of nitrogens with zero attached hydrogens (tertiary/aromatic N) is 2. The van der Waals surface area contributed by atoms with E-state index in [4.69, 9.17) is 0 Å². The highest BCUT2D eigenvalue weighted by Crippen LogP contribution is 2.22. The van der Waals surface area contributed by atoms with Gasteiger partial charge in [-0.1, -0.05) is 20.8 Å². The fraction of sp³-hybridized carbons (Fsp3) is 0.636. The van der Waals surface area contributed by atoms with Crippen LogP contribution >= 0.6 is 11.8 Å². The average Bonchev–Trinajstić information content (AvgIpc) is 2.16. The maximum absolute atomic E-state index is 4.57. The Bertz CT molecular complexity index is 331. The van der Waals surface area contributed by atoms with Crippen LogP contribution in [-0.2, 0) is 11.2 Å². The smallest absolute Gasteiger partial charge is 0.140 e. The zero-order valence-corrected chi connectivity index (χ0v) is 10.9. The molecule has 1 N–H and O–H groups in total. The van der Waals surface area contributed by atoms with Gasteiger partial charge >= 0.3 is 0 Å². The first kappa shape index (κ1) is 12.3. The molecule has 0 saturated carbocycles. The van der Waals surface area contributed by atoms with Gasteiger partial charge in [0.1, 0.15) is 11.6 Å². The lowest BCUT2D eigenvalue weighted by Gasteiger charge is -2.19. The topological polar surface area (TPSA) is 37.8 Å². The van der Waals surface area contributed by atoms with Crippen molar-refractivity contribution < 1.29 is 0 Å². The van der Waals surface area contributed by atoms with Crippen LogP contribution in [0.3, 0.4) is 0 Å². The second-order valence-corrected chi connectivity index (χ2v) is 5.35. The van der Waals surface area contributed by atoms with Crippen LogP contribution in [0.2, 0.25) is 0 Å². The van der Waals surface area contributed by atoms with Gasteiger partial charge in [0.25, 0.3) is 0 Å². The summed E-state index contributed by atoms with van der Waals surface area (Å²) in [6, 6.07) is 2.02. The quantitative estimate of drug-likeness (QED) is 0.858. The second kappa shape index (κ2) is 4.84. The first-order chi connectivity index (χ1) is 6.97. The third-order valence-electron chi connectivity index (χ3n) is 2.07. The van der Waals surface area contributed by atoms with E-state index in [1.807, 2.05) is 13.1 Å². The maximum atomic E-state index is 4.57. The van der Waals surface area contributed by atoms with E-state index in [9.17, 15) is 0 Å². The van der Waals surface area contributed by atoms with Gasteiger partial charge in [0, 0.05) is 18.5 Å². The Morgan fingerprint density at radius 1 is 1.33 bits per heavy atom. The summed E-state index contributed by atoms with van der Waals surface area (Å²) in [5, 5.41) is 3.08. The molecule has 0 aliphatic carbocycles. The molecular formula is C11H19N3S. The van der Waals surface area contributed by atoms with Crippen LogP contribution in [0.4, 0.5) is 5.82 Å². The van der Waals surface area contributed by atoms with E-state index >= 15 is 0 Å². The molecule has 4 heteroatoms. The minimum Gasteiger partial charge on any atom is -0.373 e. The van der Waals surface area contributed by atoms with Crippen LogP contribution in [0.15, 0.2) is 6.07 Å². The van der Waals surface area contributed by atoms with Gasteiger partial charge in [0.2, 0.25) is 0 Å². The van der Waals surface area contributed by atoms with Crippen LogP contribution < -0.4 is 5.32 Å². The van der Waals surface area contributed by atoms with Crippen molar-refractivity contribution in [2.75, 3.05) is 18.6 Å². The third-order valence-corrected chi connectivity index (χ3v) is 2.62. The molecular weight excluding hydrogens is 206 g/mol. The van der Waals surface area contributed by atoms with Crippen LogP contribution in [0.1, 0.15) is 32.3 Å². The maximum Gasteiger partial charge on any atom is 0.140 e. The van der Waals surface area contributed by atoms with Crippen molar-refractivity contribution in [1.29, 1.82) is 0 Å². The van der Waals surface area contributed by atoms with Gasteiger partial charge in [-0.25, -0.2) is 9.97 Å².